The minimum atomic E-state index is -1.33. The molecule has 6 rings (SSSR count). The monoisotopic (exact) mass is 485 g/mol. The Balaban J connectivity index is 1.41. The molecule has 2 saturated heterocycles. The van der Waals surface area contributed by atoms with Crippen molar-refractivity contribution in [2.24, 2.45) is 0 Å². The Morgan fingerprint density at radius 3 is 2.64 bits per heavy atom. The van der Waals surface area contributed by atoms with Crippen LogP contribution in [0.2, 0.25) is 0 Å². The Labute approximate surface area is 209 Å². The summed E-state index contributed by atoms with van der Waals surface area (Å²) in [5.74, 6) is 0.307. The molecule has 2 fully saturated rings. The van der Waals surface area contributed by atoms with Crippen molar-refractivity contribution in [3.8, 4) is 11.5 Å². The molecule has 3 heterocycles. The molecule has 4 atom stereocenters. The molecule has 8 heteroatoms. The van der Waals surface area contributed by atoms with Gasteiger partial charge in [-0.05, 0) is 42.2 Å². The third-order valence-corrected chi connectivity index (χ3v) is 7.90. The summed E-state index contributed by atoms with van der Waals surface area (Å²) >= 11 is 0. The SMILES string of the molecule is COc1cc([C@H]2[C@H]([N+](=O)[O-])[C@]3(C(=O)Nc4ccccc43)N3CCC[C@@H]23)ccc1OCc1ccccc1. The van der Waals surface area contributed by atoms with Crippen LogP contribution in [0.25, 0.3) is 0 Å². The largest absolute Gasteiger partial charge is 0.493 e. The van der Waals surface area contributed by atoms with Crippen LogP contribution in [0.1, 0.15) is 35.4 Å². The van der Waals surface area contributed by atoms with Crippen LogP contribution < -0.4 is 14.8 Å². The van der Waals surface area contributed by atoms with Crippen LogP contribution >= 0.6 is 0 Å². The lowest BCUT2D eigenvalue weighted by atomic mass is 9.77. The molecule has 3 aliphatic heterocycles. The number of hydrogen-bond donors (Lipinski definition) is 1. The lowest BCUT2D eigenvalue weighted by Crippen LogP contribution is -2.55. The van der Waals surface area contributed by atoms with Crippen molar-refractivity contribution in [3.63, 3.8) is 0 Å². The number of hydrogen-bond acceptors (Lipinski definition) is 6. The molecular formula is C28H27N3O5. The number of fused-ring (bicyclic) bond motifs is 4. The molecule has 184 valence electrons. The number of amides is 1. The molecule has 3 aliphatic rings. The Bertz CT molecular complexity index is 1330. The first-order valence-corrected chi connectivity index (χ1v) is 12.2. The lowest BCUT2D eigenvalue weighted by molar-refractivity contribution is -0.534. The molecule has 0 unspecified atom stereocenters. The van der Waals surface area contributed by atoms with E-state index in [1.807, 2.05) is 72.8 Å². The molecule has 0 aromatic heterocycles. The number of benzene rings is 3. The highest BCUT2D eigenvalue weighted by atomic mass is 16.6. The predicted molar refractivity (Wildman–Crippen MR) is 134 cm³/mol. The first-order chi connectivity index (χ1) is 17.6. The van der Waals surface area contributed by atoms with Crippen molar-refractivity contribution in [3.05, 3.63) is 99.6 Å². The number of carbonyl (C=O) groups is 1. The average Bonchev–Trinajstić information content (AvgIpc) is 3.56. The molecule has 3 aromatic carbocycles. The summed E-state index contributed by atoms with van der Waals surface area (Å²) in [4.78, 5) is 28.2. The van der Waals surface area contributed by atoms with Crippen LogP contribution in [0, 0.1) is 10.1 Å². The third-order valence-electron chi connectivity index (χ3n) is 7.90. The highest BCUT2D eigenvalue weighted by Gasteiger charge is 2.73. The van der Waals surface area contributed by atoms with Crippen LogP contribution in [0.15, 0.2) is 72.8 Å². The maximum Gasteiger partial charge on any atom is 0.256 e. The number of ether oxygens (including phenoxy) is 2. The fourth-order valence-electron chi connectivity index (χ4n) is 6.52. The number of para-hydroxylation sites is 1. The number of carbonyl (C=O) groups excluding carboxylic acids is 1. The minimum Gasteiger partial charge on any atom is -0.493 e. The fourth-order valence-corrected chi connectivity index (χ4v) is 6.52. The summed E-state index contributed by atoms with van der Waals surface area (Å²) in [6.07, 6.45) is 1.68. The van der Waals surface area contributed by atoms with E-state index in [0.29, 0.717) is 35.9 Å². The van der Waals surface area contributed by atoms with Gasteiger partial charge in [0, 0.05) is 28.8 Å². The topological polar surface area (TPSA) is 93.9 Å². The van der Waals surface area contributed by atoms with Gasteiger partial charge in [0.1, 0.15) is 6.61 Å². The van der Waals surface area contributed by atoms with E-state index in [1.165, 1.54) is 0 Å². The summed E-state index contributed by atoms with van der Waals surface area (Å²) in [5, 5.41) is 15.7. The van der Waals surface area contributed by atoms with Gasteiger partial charge >= 0.3 is 0 Å². The summed E-state index contributed by atoms with van der Waals surface area (Å²) in [5.41, 5.74) is 1.83. The molecular weight excluding hydrogens is 458 g/mol. The smallest absolute Gasteiger partial charge is 0.256 e. The Morgan fingerprint density at radius 2 is 1.86 bits per heavy atom. The van der Waals surface area contributed by atoms with Crippen LogP contribution in [-0.2, 0) is 16.9 Å². The zero-order chi connectivity index (χ0) is 24.9. The van der Waals surface area contributed by atoms with Crippen LogP contribution in [0.3, 0.4) is 0 Å². The summed E-state index contributed by atoms with van der Waals surface area (Å²) in [7, 11) is 1.57. The van der Waals surface area contributed by atoms with Crippen molar-refractivity contribution in [1.29, 1.82) is 0 Å². The van der Waals surface area contributed by atoms with Gasteiger partial charge in [-0.15, -0.1) is 0 Å². The van der Waals surface area contributed by atoms with Gasteiger partial charge in [0.25, 0.3) is 11.9 Å². The number of anilines is 1. The van der Waals surface area contributed by atoms with E-state index < -0.39 is 17.5 Å². The second-order valence-corrected chi connectivity index (χ2v) is 9.61. The van der Waals surface area contributed by atoms with E-state index in [1.54, 1.807) is 7.11 Å². The van der Waals surface area contributed by atoms with E-state index in [4.69, 9.17) is 9.47 Å². The first kappa shape index (κ1) is 22.5. The van der Waals surface area contributed by atoms with Crippen LogP contribution in [0.4, 0.5) is 5.69 Å². The number of methoxy groups -OCH3 is 1. The number of nitrogens with zero attached hydrogens (tertiary/aromatic N) is 2. The standard InChI is InChI=1S/C28H27N3O5/c1-35-24-16-19(13-14-23(24)36-17-18-8-3-2-4-9-18)25-22-12-7-15-30(22)28(26(25)31(33)34)20-10-5-6-11-21(20)29-27(28)32/h2-6,8-11,13-14,16,22,25-26H,7,12,15,17H2,1H3,(H,29,32)/t22-,25+,26-,28+/m0/s1. The Kier molecular flexibility index (Phi) is 5.41. The average molecular weight is 486 g/mol. The lowest BCUT2D eigenvalue weighted by Gasteiger charge is -2.32. The maximum atomic E-state index is 13.6. The van der Waals surface area contributed by atoms with Gasteiger partial charge in [-0.2, -0.15) is 0 Å². The molecule has 0 aliphatic carbocycles. The van der Waals surface area contributed by atoms with E-state index in [2.05, 4.69) is 10.2 Å². The molecule has 1 N–H and O–H groups in total. The molecule has 3 aromatic rings. The van der Waals surface area contributed by atoms with Crippen LogP contribution in [-0.4, -0.2) is 41.5 Å². The number of nitrogens with one attached hydrogen (secondary N) is 1. The van der Waals surface area contributed by atoms with Gasteiger partial charge in [0.15, 0.2) is 17.0 Å². The Morgan fingerprint density at radius 1 is 1.08 bits per heavy atom. The minimum absolute atomic E-state index is 0.127. The van der Waals surface area contributed by atoms with Crippen molar-refractivity contribution in [2.45, 2.75) is 43.0 Å². The van der Waals surface area contributed by atoms with Gasteiger partial charge in [-0.1, -0.05) is 54.6 Å². The molecule has 1 spiro atoms. The molecule has 36 heavy (non-hydrogen) atoms. The van der Waals surface area contributed by atoms with Crippen molar-refractivity contribution >= 4 is 11.6 Å². The maximum absolute atomic E-state index is 13.6. The highest BCUT2D eigenvalue weighted by Crippen LogP contribution is 2.58. The normalized spacial score (nSPS) is 26.5. The third kappa shape index (κ3) is 3.21. The van der Waals surface area contributed by atoms with Crippen LogP contribution in [0.5, 0.6) is 11.5 Å². The number of nitro groups is 1. The van der Waals surface area contributed by atoms with E-state index >= 15 is 0 Å². The molecule has 0 saturated carbocycles. The summed E-state index contributed by atoms with van der Waals surface area (Å²) in [6.45, 7) is 1.02. The van der Waals surface area contributed by atoms with Gasteiger partial charge in [0.05, 0.1) is 13.0 Å². The van der Waals surface area contributed by atoms with E-state index in [-0.39, 0.29) is 16.9 Å². The van der Waals surface area contributed by atoms with E-state index in [0.717, 1.165) is 24.0 Å². The Hall–Kier alpha value is -3.91. The van der Waals surface area contributed by atoms with Gasteiger partial charge in [0.2, 0.25) is 0 Å². The summed E-state index contributed by atoms with van der Waals surface area (Å²) in [6, 6.07) is 21.5. The van der Waals surface area contributed by atoms with Crippen molar-refractivity contribution in [2.75, 3.05) is 19.0 Å². The molecule has 1 amide bonds. The zero-order valence-corrected chi connectivity index (χ0v) is 19.9. The first-order valence-electron chi connectivity index (χ1n) is 12.2. The molecule has 0 radical (unpaired) electrons. The molecule has 0 bridgehead atoms. The van der Waals surface area contributed by atoms with Gasteiger partial charge < -0.3 is 14.8 Å². The van der Waals surface area contributed by atoms with Gasteiger partial charge in [-0.3, -0.25) is 19.8 Å². The van der Waals surface area contributed by atoms with E-state index in [9.17, 15) is 14.9 Å². The highest BCUT2D eigenvalue weighted by molar-refractivity contribution is 6.07. The molecule has 8 nitrogen and oxygen atoms in total. The fraction of sp³-hybridized carbons (Fsp3) is 0.321. The quantitative estimate of drug-likeness (QED) is 0.413. The van der Waals surface area contributed by atoms with Gasteiger partial charge in [-0.25, -0.2) is 0 Å². The van der Waals surface area contributed by atoms with Crippen molar-refractivity contribution < 1.29 is 19.2 Å². The number of rotatable bonds is 6. The predicted octanol–water partition coefficient (Wildman–Crippen LogP) is 4.33. The summed E-state index contributed by atoms with van der Waals surface area (Å²) < 4.78 is 11.7. The zero-order valence-electron chi connectivity index (χ0n) is 19.9. The van der Waals surface area contributed by atoms with Crippen molar-refractivity contribution in [1.82, 2.24) is 4.90 Å². The second kappa shape index (κ2) is 8.64. The second-order valence-electron chi connectivity index (χ2n) is 9.61.